The topological polar surface area (TPSA) is 36.4 Å². The van der Waals surface area contributed by atoms with Crippen LogP contribution in [0.3, 0.4) is 0 Å². The van der Waals surface area contributed by atoms with Crippen molar-refractivity contribution in [3.63, 3.8) is 0 Å². The van der Waals surface area contributed by atoms with E-state index in [-0.39, 0.29) is 6.61 Å². The van der Waals surface area contributed by atoms with Crippen LogP contribution in [0.1, 0.15) is 5.56 Å². The smallest absolute Gasteiger partial charge is 0.0789 e. The third-order valence-corrected chi connectivity index (χ3v) is 1.80. The Labute approximate surface area is 78.0 Å². The predicted octanol–water partition coefficient (Wildman–Crippen LogP) is 0.643. The summed E-state index contributed by atoms with van der Waals surface area (Å²) in [5.74, 6) is 2.53. The second-order valence-electron chi connectivity index (χ2n) is 2.72. The second kappa shape index (κ2) is 4.48. The van der Waals surface area contributed by atoms with Crippen molar-refractivity contribution >= 4 is 5.69 Å². The highest BCUT2D eigenvalue weighted by Gasteiger charge is 2.04. The molecule has 0 spiro atoms. The first-order chi connectivity index (χ1) is 6.29. The maximum absolute atomic E-state index is 9.03. The fourth-order valence-electron chi connectivity index (χ4n) is 1.11. The number of aromatic nitrogens is 1. The summed E-state index contributed by atoms with van der Waals surface area (Å²) in [4.78, 5) is 5.85. The normalized spacial score (nSPS) is 9.31. The van der Waals surface area contributed by atoms with Crippen LogP contribution in [0, 0.1) is 12.3 Å². The summed E-state index contributed by atoms with van der Waals surface area (Å²) in [6.07, 6.45) is 8.53. The predicted molar refractivity (Wildman–Crippen MR) is 52.3 cm³/mol. The summed E-state index contributed by atoms with van der Waals surface area (Å²) in [5, 5.41) is 9.03. The Kier molecular flexibility index (Phi) is 3.30. The van der Waals surface area contributed by atoms with Crippen LogP contribution in [-0.2, 0) is 6.61 Å². The van der Waals surface area contributed by atoms with Crippen LogP contribution in [0.4, 0.5) is 5.69 Å². The Morgan fingerprint density at radius 3 is 3.08 bits per heavy atom. The maximum atomic E-state index is 9.03. The molecule has 0 aromatic carbocycles. The van der Waals surface area contributed by atoms with Gasteiger partial charge in [0, 0.05) is 18.8 Å². The standard InChI is InChI=1S/C10H12N2O/c1-3-6-12(2)10-7-11-5-4-9(10)8-13/h1,4-5,7,13H,6,8H2,2H3. The molecule has 0 bridgehead atoms. The molecule has 0 amide bonds. The number of anilines is 1. The van der Waals surface area contributed by atoms with Crippen molar-refractivity contribution in [3.8, 4) is 12.3 Å². The molecule has 0 radical (unpaired) electrons. The van der Waals surface area contributed by atoms with Gasteiger partial charge in [0.05, 0.1) is 25.0 Å². The van der Waals surface area contributed by atoms with Crippen LogP contribution in [0.15, 0.2) is 18.5 Å². The lowest BCUT2D eigenvalue weighted by molar-refractivity contribution is 0.282. The van der Waals surface area contributed by atoms with Crippen molar-refractivity contribution in [2.24, 2.45) is 0 Å². The molecular weight excluding hydrogens is 164 g/mol. The number of aliphatic hydroxyl groups is 1. The lowest BCUT2D eigenvalue weighted by atomic mass is 10.2. The van der Waals surface area contributed by atoms with Crippen LogP contribution in [0.25, 0.3) is 0 Å². The fourth-order valence-corrected chi connectivity index (χ4v) is 1.11. The minimum absolute atomic E-state index is 0.00671. The molecule has 1 N–H and O–H groups in total. The molecule has 1 heterocycles. The van der Waals surface area contributed by atoms with Crippen LogP contribution in [0.5, 0.6) is 0 Å². The maximum Gasteiger partial charge on any atom is 0.0789 e. The number of nitrogens with zero attached hydrogens (tertiary/aromatic N) is 2. The molecule has 0 saturated heterocycles. The van der Waals surface area contributed by atoms with E-state index in [1.165, 1.54) is 0 Å². The van der Waals surface area contributed by atoms with Gasteiger partial charge in [-0.15, -0.1) is 6.42 Å². The van der Waals surface area contributed by atoms with E-state index in [1.807, 2.05) is 11.9 Å². The van der Waals surface area contributed by atoms with Crippen LogP contribution < -0.4 is 4.90 Å². The van der Waals surface area contributed by atoms with E-state index >= 15 is 0 Å². The van der Waals surface area contributed by atoms with E-state index in [0.717, 1.165) is 11.3 Å². The zero-order valence-corrected chi connectivity index (χ0v) is 7.57. The summed E-state index contributed by atoms with van der Waals surface area (Å²) in [6, 6.07) is 1.78. The number of hydrogen-bond acceptors (Lipinski definition) is 3. The van der Waals surface area contributed by atoms with Crippen molar-refractivity contribution in [1.29, 1.82) is 0 Å². The van der Waals surface area contributed by atoms with Gasteiger partial charge >= 0.3 is 0 Å². The van der Waals surface area contributed by atoms with Gasteiger partial charge in [-0.25, -0.2) is 0 Å². The summed E-state index contributed by atoms with van der Waals surface area (Å²) < 4.78 is 0. The largest absolute Gasteiger partial charge is 0.392 e. The van der Waals surface area contributed by atoms with E-state index in [4.69, 9.17) is 11.5 Å². The molecule has 0 atom stereocenters. The molecule has 0 aliphatic heterocycles. The summed E-state index contributed by atoms with van der Waals surface area (Å²) >= 11 is 0. The zero-order chi connectivity index (χ0) is 9.68. The summed E-state index contributed by atoms with van der Waals surface area (Å²) in [6.45, 7) is 0.519. The van der Waals surface area contributed by atoms with Crippen LogP contribution >= 0.6 is 0 Å². The third kappa shape index (κ3) is 2.20. The highest BCUT2D eigenvalue weighted by molar-refractivity contribution is 5.51. The van der Waals surface area contributed by atoms with E-state index in [1.54, 1.807) is 18.5 Å². The van der Waals surface area contributed by atoms with E-state index in [9.17, 15) is 0 Å². The zero-order valence-electron chi connectivity index (χ0n) is 7.57. The third-order valence-electron chi connectivity index (χ3n) is 1.80. The first kappa shape index (κ1) is 9.56. The molecule has 0 aliphatic carbocycles. The first-order valence-electron chi connectivity index (χ1n) is 3.98. The van der Waals surface area contributed by atoms with Crippen molar-refractivity contribution in [3.05, 3.63) is 24.0 Å². The number of pyridine rings is 1. The second-order valence-corrected chi connectivity index (χ2v) is 2.72. The molecular formula is C10H12N2O. The molecule has 0 saturated carbocycles. The molecule has 68 valence electrons. The van der Waals surface area contributed by atoms with Crippen LogP contribution in [0.2, 0.25) is 0 Å². The molecule has 1 aromatic heterocycles. The summed E-state index contributed by atoms with van der Waals surface area (Å²) in [5.41, 5.74) is 1.72. The minimum Gasteiger partial charge on any atom is -0.392 e. The minimum atomic E-state index is 0.00671. The van der Waals surface area contributed by atoms with Gasteiger partial charge in [0.2, 0.25) is 0 Å². The number of terminal acetylenes is 1. The Balaban J connectivity index is 2.93. The first-order valence-corrected chi connectivity index (χ1v) is 3.98. The molecule has 3 nitrogen and oxygen atoms in total. The lowest BCUT2D eigenvalue weighted by Crippen LogP contribution is -2.18. The van der Waals surface area contributed by atoms with Crippen molar-refractivity contribution in [2.45, 2.75) is 6.61 Å². The van der Waals surface area contributed by atoms with Crippen LogP contribution in [-0.4, -0.2) is 23.7 Å². The fraction of sp³-hybridized carbons (Fsp3) is 0.300. The Bertz CT molecular complexity index is 317. The van der Waals surface area contributed by atoms with Gasteiger partial charge < -0.3 is 10.0 Å². The van der Waals surface area contributed by atoms with Gasteiger partial charge in [-0.2, -0.15) is 0 Å². The van der Waals surface area contributed by atoms with Crippen molar-refractivity contribution < 1.29 is 5.11 Å². The number of rotatable bonds is 3. The van der Waals surface area contributed by atoms with Gasteiger partial charge in [0.1, 0.15) is 0 Å². The monoisotopic (exact) mass is 176 g/mol. The lowest BCUT2D eigenvalue weighted by Gasteiger charge is -2.18. The quantitative estimate of drug-likeness (QED) is 0.687. The van der Waals surface area contributed by atoms with Gasteiger partial charge in [0.25, 0.3) is 0 Å². The Morgan fingerprint density at radius 1 is 1.69 bits per heavy atom. The number of aliphatic hydroxyl groups excluding tert-OH is 1. The SMILES string of the molecule is C#CCN(C)c1cnccc1CO. The van der Waals surface area contributed by atoms with Gasteiger partial charge in [-0.3, -0.25) is 4.98 Å². The number of hydrogen-bond donors (Lipinski definition) is 1. The highest BCUT2D eigenvalue weighted by Crippen LogP contribution is 2.16. The van der Waals surface area contributed by atoms with E-state index in [2.05, 4.69) is 10.9 Å². The van der Waals surface area contributed by atoms with Gasteiger partial charge in [0.15, 0.2) is 0 Å². The highest BCUT2D eigenvalue weighted by atomic mass is 16.3. The summed E-state index contributed by atoms with van der Waals surface area (Å²) in [7, 11) is 1.87. The molecule has 0 aliphatic rings. The average molecular weight is 176 g/mol. The van der Waals surface area contributed by atoms with Gasteiger partial charge in [-0.1, -0.05) is 5.92 Å². The molecule has 13 heavy (non-hydrogen) atoms. The van der Waals surface area contributed by atoms with Crippen molar-refractivity contribution in [2.75, 3.05) is 18.5 Å². The van der Waals surface area contributed by atoms with Gasteiger partial charge in [-0.05, 0) is 6.07 Å². The molecule has 3 heteroatoms. The molecule has 0 fully saturated rings. The Morgan fingerprint density at radius 2 is 2.46 bits per heavy atom. The molecule has 0 unspecified atom stereocenters. The molecule has 1 rings (SSSR count). The van der Waals surface area contributed by atoms with E-state index < -0.39 is 0 Å². The Hall–Kier alpha value is -1.53. The average Bonchev–Trinajstić information content (AvgIpc) is 2.18. The molecule has 1 aromatic rings. The van der Waals surface area contributed by atoms with E-state index in [0.29, 0.717) is 6.54 Å². The van der Waals surface area contributed by atoms with Crippen molar-refractivity contribution in [1.82, 2.24) is 4.98 Å².